The van der Waals surface area contributed by atoms with E-state index in [9.17, 15) is 9.59 Å². The topological polar surface area (TPSA) is 92.0 Å². The molecule has 0 aliphatic carbocycles. The van der Waals surface area contributed by atoms with Crippen molar-refractivity contribution in [2.75, 3.05) is 40.3 Å². The Morgan fingerprint density at radius 2 is 1.89 bits per heavy atom. The Balaban J connectivity index is 1.54. The van der Waals surface area contributed by atoms with Crippen LogP contribution in [0.5, 0.6) is 0 Å². The molecule has 2 N–H and O–H groups in total. The minimum absolute atomic E-state index is 0.163. The summed E-state index contributed by atoms with van der Waals surface area (Å²) in [7, 11) is 4.11. The van der Waals surface area contributed by atoms with Crippen molar-refractivity contribution >= 4 is 34.5 Å². The molecule has 2 heterocycles. The molecule has 196 valence electrons. The summed E-state index contributed by atoms with van der Waals surface area (Å²) in [5.41, 5.74) is 10.2. The lowest BCUT2D eigenvalue weighted by Crippen LogP contribution is -2.60. The Hall–Kier alpha value is -3.20. The number of amides is 2. The molecule has 1 saturated heterocycles. The summed E-state index contributed by atoms with van der Waals surface area (Å²) in [6, 6.07) is 15.8. The van der Waals surface area contributed by atoms with Gasteiger partial charge >= 0.3 is 6.09 Å². The van der Waals surface area contributed by atoms with E-state index < -0.39 is 12.3 Å². The van der Waals surface area contributed by atoms with Crippen LogP contribution in [0.25, 0.3) is 22.2 Å². The molecule has 2 aromatic carbocycles. The SMILES string of the molecule is CCCOC(=O)N1CCN(C(=O)c2ccc3c(Cl)cc(-c4ccc(C(C)N(C)C)cc4)nc3c2)C[C@H]1N. The minimum Gasteiger partial charge on any atom is -0.449 e. The molecule has 0 spiro atoms. The summed E-state index contributed by atoms with van der Waals surface area (Å²) in [4.78, 5) is 35.6. The number of benzene rings is 2. The van der Waals surface area contributed by atoms with E-state index in [4.69, 9.17) is 27.1 Å². The van der Waals surface area contributed by atoms with Crippen LogP contribution in [0.4, 0.5) is 4.79 Å². The maximum Gasteiger partial charge on any atom is 0.411 e. The number of hydrogen-bond donors (Lipinski definition) is 1. The van der Waals surface area contributed by atoms with E-state index in [1.807, 2.05) is 31.2 Å². The van der Waals surface area contributed by atoms with Crippen molar-refractivity contribution in [1.82, 2.24) is 19.7 Å². The molecule has 2 amide bonds. The van der Waals surface area contributed by atoms with Gasteiger partial charge in [0.05, 0.1) is 29.4 Å². The highest BCUT2D eigenvalue weighted by atomic mass is 35.5. The number of carbonyl (C=O) groups excluding carboxylic acids is 2. The van der Waals surface area contributed by atoms with Crippen LogP contribution in [-0.4, -0.2) is 78.2 Å². The number of nitrogens with two attached hydrogens (primary N) is 1. The standard InChI is InChI=1S/C28H34ClN5O3/c1-5-14-37-28(36)34-13-12-33(17-26(34)30)27(35)21-10-11-22-23(29)16-24(31-25(22)15-21)20-8-6-19(7-9-20)18(2)32(3)4/h6-11,15-16,18,26H,5,12-14,17,30H2,1-4H3/t18?,26-/m0/s1. The first-order valence-electron chi connectivity index (χ1n) is 12.5. The van der Waals surface area contributed by atoms with Gasteiger partial charge in [0.1, 0.15) is 6.17 Å². The van der Waals surface area contributed by atoms with Gasteiger partial charge in [0.15, 0.2) is 0 Å². The lowest BCUT2D eigenvalue weighted by Gasteiger charge is -2.38. The van der Waals surface area contributed by atoms with Crippen LogP contribution in [0.3, 0.4) is 0 Å². The van der Waals surface area contributed by atoms with Gasteiger partial charge in [-0.25, -0.2) is 9.78 Å². The third-order valence-electron chi connectivity index (χ3n) is 6.84. The van der Waals surface area contributed by atoms with Crippen LogP contribution in [-0.2, 0) is 4.74 Å². The van der Waals surface area contributed by atoms with E-state index in [1.165, 1.54) is 10.5 Å². The molecule has 37 heavy (non-hydrogen) atoms. The normalized spacial score (nSPS) is 16.8. The molecule has 9 heteroatoms. The van der Waals surface area contributed by atoms with Crippen molar-refractivity contribution in [3.05, 3.63) is 64.7 Å². The minimum atomic E-state index is -0.625. The van der Waals surface area contributed by atoms with Crippen LogP contribution < -0.4 is 5.73 Å². The van der Waals surface area contributed by atoms with E-state index in [1.54, 1.807) is 17.0 Å². The van der Waals surface area contributed by atoms with Gasteiger partial charge in [-0.1, -0.05) is 48.9 Å². The third kappa shape index (κ3) is 5.87. The first-order chi connectivity index (χ1) is 17.7. The van der Waals surface area contributed by atoms with Gasteiger partial charge in [-0.3, -0.25) is 9.69 Å². The number of carbonyl (C=O) groups is 2. The Labute approximate surface area is 222 Å². The van der Waals surface area contributed by atoms with E-state index in [2.05, 4.69) is 38.1 Å². The number of piperazine rings is 1. The molecule has 2 atom stereocenters. The molecule has 1 aliphatic heterocycles. The fraction of sp³-hybridized carbons (Fsp3) is 0.393. The molecule has 0 saturated carbocycles. The molecule has 1 aromatic heterocycles. The smallest absolute Gasteiger partial charge is 0.411 e. The number of nitrogens with zero attached hydrogens (tertiary/aromatic N) is 4. The van der Waals surface area contributed by atoms with Crippen molar-refractivity contribution in [1.29, 1.82) is 0 Å². The molecular formula is C28H34ClN5O3. The Morgan fingerprint density at radius 1 is 1.16 bits per heavy atom. The van der Waals surface area contributed by atoms with Gasteiger partial charge in [-0.05, 0) is 51.2 Å². The average Bonchev–Trinajstić information content (AvgIpc) is 2.90. The van der Waals surface area contributed by atoms with Gasteiger partial charge in [0.25, 0.3) is 5.91 Å². The second kappa shape index (κ2) is 11.5. The zero-order chi connectivity index (χ0) is 26.7. The molecule has 1 unspecified atom stereocenters. The molecule has 0 bridgehead atoms. The summed E-state index contributed by atoms with van der Waals surface area (Å²) in [6.07, 6.45) is -0.329. The Morgan fingerprint density at radius 3 is 2.54 bits per heavy atom. The van der Waals surface area contributed by atoms with Gasteiger partial charge in [-0.2, -0.15) is 0 Å². The second-order valence-corrected chi connectivity index (χ2v) is 10.0. The predicted octanol–water partition coefficient (Wildman–Crippen LogP) is 4.77. The van der Waals surface area contributed by atoms with Crippen LogP contribution in [0.15, 0.2) is 48.5 Å². The largest absolute Gasteiger partial charge is 0.449 e. The van der Waals surface area contributed by atoms with Crippen molar-refractivity contribution in [3.8, 4) is 11.3 Å². The molecule has 0 radical (unpaired) electrons. The Kier molecular flexibility index (Phi) is 8.32. The lowest BCUT2D eigenvalue weighted by atomic mass is 10.0. The first kappa shape index (κ1) is 26.9. The van der Waals surface area contributed by atoms with E-state index in [-0.39, 0.29) is 12.5 Å². The maximum atomic E-state index is 13.3. The number of aromatic nitrogens is 1. The molecule has 4 rings (SSSR count). The zero-order valence-corrected chi connectivity index (χ0v) is 22.5. The number of fused-ring (bicyclic) bond motifs is 1. The van der Waals surface area contributed by atoms with Crippen LogP contribution in [0, 0.1) is 0 Å². The van der Waals surface area contributed by atoms with Gasteiger partial charge in [-0.15, -0.1) is 0 Å². The van der Waals surface area contributed by atoms with E-state index >= 15 is 0 Å². The predicted molar refractivity (Wildman–Crippen MR) is 147 cm³/mol. The van der Waals surface area contributed by atoms with Gasteiger partial charge in [0.2, 0.25) is 0 Å². The fourth-order valence-corrected chi connectivity index (χ4v) is 4.64. The van der Waals surface area contributed by atoms with Crippen LogP contribution >= 0.6 is 11.6 Å². The number of hydrogen-bond acceptors (Lipinski definition) is 6. The average molecular weight is 524 g/mol. The van der Waals surface area contributed by atoms with Gasteiger partial charge in [0, 0.05) is 35.6 Å². The van der Waals surface area contributed by atoms with E-state index in [0.29, 0.717) is 41.8 Å². The van der Waals surface area contributed by atoms with Gasteiger partial charge < -0.3 is 20.3 Å². The molecule has 1 aliphatic rings. The molecule has 3 aromatic rings. The lowest BCUT2D eigenvalue weighted by molar-refractivity contribution is 0.0390. The summed E-state index contributed by atoms with van der Waals surface area (Å²) >= 11 is 6.61. The summed E-state index contributed by atoms with van der Waals surface area (Å²) in [6.45, 7) is 5.35. The second-order valence-electron chi connectivity index (χ2n) is 9.61. The molecule has 8 nitrogen and oxygen atoms in total. The first-order valence-corrected chi connectivity index (χ1v) is 12.9. The number of pyridine rings is 1. The highest BCUT2D eigenvalue weighted by Gasteiger charge is 2.31. The van der Waals surface area contributed by atoms with Crippen molar-refractivity contribution in [3.63, 3.8) is 0 Å². The van der Waals surface area contributed by atoms with E-state index in [0.717, 1.165) is 23.1 Å². The van der Waals surface area contributed by atoms with Crippen molar-refractivity contribution < 1.29 is 14.3 Å². The highest BCUT2D eigenvalue weighted by molar-refractivity contribution is 6.35. The maximum absolute atomic E-state index is 13.3. The van der Waals surface area contributed by atoms with Crippen molar-refractivity contribution in [2.45, 2.75) is 32.5 Å². The zero-order valence-electron chi connectivity index (χ0n) is 21.8. The number of ether oxygens (including phenoxy) is 1. The Bertz CT molecular complexity index is 1280. The third-order valence-corrected chi connectivity index (χ3v) is 7.15. The monoisotopic (exact) mass is 523 g/mol. The van der Waals surface area contributed by atoms with Crippen LogP contribution in [0.2, 0.25) is 5.02 Å². The highest BCUT2D eigenvalue weighted by Crippen LogP contribution is 2.30. The van der Waals surface area contributed by atoms with Crippen molar-refractivity contribution in [2.24, 2.45) is 5.73 Å². The number of rotatable bonds is 6. The van der Waals surface area contributed by atoms with Crippen LogP contribution in [0.1, 0.15) is 42.2 Å². The summed E-state index contributed by atoms with van der Waals surface area (Å²) in [5, 5.41) is 1.35. The fourth-order valence-electron chi connectivity index (χ4n) is 4.37. The molecule has 1 fully saturated rings. The molecular weight excluding hydrogens is 490 g/mol. The quantitative estimate of drug-likeness (QED) is 0.500. The number of halogens is 1. The summed E-state index contributed by atoms with van der Waals surface area (Å²) in [5.74, 6) is -0.163. The summed E-state index contributed by atoms with van der Waals surface area (Å²) < 4.78 is 5.20.